The first-order valence-electron chi connectivity index (χ1n) is 5.42. The second-order valence-corrected chi connectivity index (χ2v) is 4.38. The maximum atomic E-state index is 13.6. The number of hydrogen-bond acceptors (Lipinski definition) is 2. The summed E-state index contributed by atoms with van der Waals surface area (Å²) in [5, 5.41) is 9.88. The largest absolute Gasteiger partial charge is 0.481 e. The summed E-state index contributed by atoms with van der Waals surface area (Å²) >= 11 is 0. The van der Waals surface area contributed by atoms with E-state index < -0.39 is 17.2 Å². The topological polar surface area (TPSA) is 50.2 Å². The Morgan fingerprint density at radius 1 is 1.35 bits per heavy atom. The van der Waals surface area contributed by atoms with Gasteiger partial charge in [0.1, 0.15) is 11.3 Å². The Hall–Kier alpha value is -1.97. The summed E-state index contributed by atoms with van der Waals surface area (Å²) in [5.41, 5.74) is 0.0988. The van der Waals surface area contributed by atoms with Crippen LogP contribution in [0.15, 0.2) is 30.5 Å². The van der Waals surface area contributed by atoms with Crippen molar-refractivity contribution in [1.82, 2.24) is 4.98 Å². The number of aliphatic carboxylic acids is 1. The maximum Gasteiger partial charge on any atom is 0.314 e. The molecule has 4 heteroatoms. The van der Waals surface area contributed by atoms with E-state index in [0.717, 1.165) is 0 Å². The van der Waals surface area contributed by atoms with Crippen LogP contribution in [0.1, 0.15) is 18.4 Å². The van der Waals surface area contributed by atoms with Gasteiger partial charge >= 0.3 is 5.97 Å². The molecule has 86 valence electrons. The van der Waals surface area contributed by atoms with Gasteiger partial charge in [-0.05, 0) is 30.5 Å². The second-order valence-electron chi connectivity index (χ2n) is 4.38. The fourth-order valence-corrected chi connectivity index (χ4v) is 2.28. The fraction of sp³-hybridized carbons (Fsp3) is 0.231. The van der Waals surface area contributed by atoms with Gasteiger partial charge in [0.2, 0.25) is 0 Å². The van der Waals surface area contributed by atoms with Crippen molar-refractivity contribution in [2.45, 2.75) is 18.3 Å². The van der Waals surface area contributed by atoms with Crippen molar-refractivity contribution in [2.24, 2.45) is 0 Å². The van der Waals surface area contributed by atoms with Crippen molar-refractivity contribution in [2.75, 3.05) is 0 Å². The molecule has 0 bridgehead atoms. The first-order valence-corrected chi connectivity index (χ1v) is 5.42. The summed E-state index contributed by atoms with van der Waals surface area (Å²) in [4.78, 5) is 15.3. The third-order valence-corrected chi connectivity index (χ3v) is 3.40. The highest BCUT2D eigenvalue weighted by Crippen LogP contribution is 2.50. The predicted octanol–water partition coefficient (Wildman–Crippen LogP) is 2.49. The molecule has 1 saturated carbocycles. The lowest BCUT2D eigenvalue weighted by Crippen LogP contribution is -2.20. The number of fused-ring (bicyclic) bond motifs is 1. The van der Waals surface area contributed by atoms with E-state index in [-0.39, 0.29) is 5.52 Å². The molecule has 1 heterocycles. The lowest BCUT2D eigenvalue weighted by Gasteiger charge is -2.12. The quantitative estimate of drug-likeness (QED) is 0.863. The van der Waals surface area contributed by atoms with Gasteiger partial charge in [-0.2, -0.15) is 0 Å². The monoisotopic (exact) mass is 231 g/mol. The average molecular weight is 231 g/mol. The van der Waals surface area contributed by atoms with E-state index in [4.69, 9.17) is 0 Å². The van der Waals surface area contributed by atoms with Gasteiger partial charge in [-0.25, -0.2) is 4.39 Å². The Morgan fingerprint density at radius 2 is 2.12 bits per heavy atom. The molecule has 0 radical (unpaired) electrons. The van der Waals surface area contributed by atoms with Crippen LogP contribution < -0.4 is 0 Å². The molecule has 0 spiro atoms. The van der Waals surface area contributed by atoms with Gasteiger partial charge in [0.15, 0.2) is 0 Å². The van der Waals surface area contributed by atoms with Crippen LogP contribution in [-0.2, 0) is 10.2 Å². The molecule has 3 rings (SSSR count). The third-order valence-electron chi connectivity index (χ3n) is 3.40. The van der Waals surface area contributed by atoms with E-state index in [2.05, 4.69) is 4.98 Å². The standard InChI is InChI=1S/C13H10FNO2/c14-10-3-1-2-8-9(4-7-15-11(8)10)13(5-6-13)12(16)17/h1-4,7H,5-6H2,(H,16,17). The van der Waals surface area contributed by atoms with Crippen LogP contribution in [-0.4, -0.2) is 16.1 Å². The highest BCUT2D eigenvalue weighted by molar-refractivity contribution is 5.93. The highest BCUT2D eigenvalue weighted by atomic mass is 19.1. The molecule has 0 unspecified atom stereocenters. The number of nitrogens with zero attached hydrogens (tertiary/aromatic N) is 1. The third kappa shape index (κ3) is 1.33. The van der Waals surface area contributed by atoms with Gasteiger partial charge in [0.05, 0.1) is 5.41 Å². The first kappa shape index (κ1) is 10.2. The zero-order chi connectivity index (χ0) is 12.0. The Kier molecular flexibility index (Phi) is 1.96. The van der Waals surface area contributed by atoms with Crippen molar-refractivity contribution in [3.05, 3.63) is 41.8 Å². The summed E-state index contributed by atoms with van der Waals surface area (Å²) in [5.74, 6) is -1.25. The Labute approximate surface area is 96.9 Å². The van der Waals surface area contributed by atoms with E-state index in [1.54, 1.807) is 18.2 Å². The number of para-hydroxylation sites is 1. The van der Waals surface area contributed by atoms with Gasteiger partial charge in [0.25, 0.3) is 0 Å². The number of pyridine rings is 1. The molecule has 0 atom stereocenters. The van der Waals surface area contributed by atoms with Crippen LogP contribution in [0.25, 0.3) is 10.9 Å². The normalized spacial score (nSPS) is 17.0. The molecule has 1 aliphatic carbocycles. The molecule has 17 heavy (non-hydrogen) atoms. The lowest BCUT2D eigenvalue weighted by molar-refractivity contribution is -0.140. The number of halogens is 1. The second kappa shape index (κ2) is 3.26. The number of aromatic nitrogens is 1. The molecule has 0 saturated heterocycles. The summed E-state index contributed by atoms with van der Waals surface area (Å²) < 4.78 is 13.6. The summed E-state index contributed by atoms with van der Waals surface area (Å²) in [6.07, 6.45) is 2.69. The number of hydrogen-bond donors (Lipinski definition) is 1. The molecular formula is C13H10FNO2. The number of benzene rings is 1. The summed E-state index contributed by atoms with van der Waals surface area (Å²) in [6.45, 7) is 0. The molecular weight excluding hydrogens is 221 g/mol. The number of carboxylic acids is 1. The van der Waals surface area contributed by atoms with Crippen LogP contribution in [0, 0.1) is 5.82 Å². The van der Waals surface area contributed by atoms with Crippen molar-refractivity contribution in [3.63, 3.8) is 0 Å². The van der Waals surface area contributed by atoms with Crippen LogP contribution in [0.2, 0.25) is 0 Å². The van der Waals surface area contributed by atoms with Crippen molar-refractivity contribution in [1.29, 1.82) is 0 Å². The van der Waals surface area contributed by atoms with E-state index in [9.17, 15) is 14.3 Å². The highest BCUT2D eigenvalue weighted by Gasteiger charge is 2.52. The van der Waals surface area contributed by atoms with E-state index >= 15 is 0 Å². The Balaban J connectivity index is 2.32. The smallest absolute Gasteiger partial charge is 0.314 e. The average Bonchev–Trinajstić information content (AvgIpc) is 3.10. The Morgan fingerprint density at radius 3 is 2.76 bits per heavy atom. The molecule has 1 aromatic heterocycles. The summed E-state index contributed by atoms with van der Waals surface area (Å²) in [6, 6.07) is 6.33. The maximum absolute atomic E-state index is 13.6. The van der Waals surface area contributed by atoms with E-state index in [1.165, 1.54) is 12.3 Å². The molecule has 2 aromatic rings. The minimum Gasteiger partial charge on any atom is -0.481 e. The first-order chi connectivity index (χ1) is 8.15. The lowest BCUT2D eigenvalue weighted by atomic mass is 9.93. The molecule has 1 N–H and O–H groups in total. The summed E-state index contributed by atoms with van der Waals surface area (Å²) in [7, 11) is 0. The molecule has 0 aliphatic heterocycles. The minimum atomic E-state index is -0.839. The molecule has 1 aliphatic rings. The van der Waals surface area contributed by atoms with Crippen LogP contribution >= 0.6 is 0 Å². The van der Waals surface area contributed by atoms with E-state index in [0.29, 0.717) is 23.8 Å². The van der Waals surface area contributed by atoms with Gasteiger partial charge < -0.3 is 5.11 Å². The van der Waals surface area contributed by atoms with Crippen LogP contribution in [0.5, 0.6) is 0 Å². The fourth-order valence-electron chi connectivity index (χ4n) is 2.28. The number of rotatable bonds is 2. The van der Waals surface area contributed by atoms with Crippen LogP contribution in [0.4, 0.5) is 4.39 Å². The molecule has 3 nitrogen and oxygen atoms in total. The van der Waals surface area contributed by atoms with E-state index in [1.807, 2.05) is 0 Å². The predicted molar refractivity (Wildman–Crippen MR) is 60.2 cm³/mol. The van der Waals surface area contributed by atoms with Gasteiger partial charge in [-0.1, -0.05) is 12.1 Å². The Bertz CT molecular complexity index is 620. The van der Waals surface area contributed by atoms with Crippen molar-refractivity contribution >= 4 is 16.9 Å². The van der Waals surface area contributed by atoms with Crippen molar-refractivity contribution in [3.8, 4) is 0 Å². The van der Waals surface area contributed by atoms with Crippen LogP contribution in [0.3, 0.4) is 0 Å². The van der Waals surface area contributed by atoms with Gasteiger partial charge in [-0.3, -0.25) is 9.78 Å². The minimum absolute atomic E-state index is 0.248. The zero-order valence-electron chi connectivity index (χ0n) is 8.98. The van der Waals surface area contributed by atoms with Crippen molar-refractivity contribution < 1.29 is 14.3 Å². The number of carbonyl (C=O) groups is 1. The molecule has 1 fully saturated rings. The number of carboxylic acid groups (broad SMARTS) is 1. The zero-order valence-corrected chi connectivity index (χ0v) is 8.98. The molecule has 0 amide bonds. The van der Waals surface area contributed by atoms with Gasteiger partial charge in [-0.15, -0.1) is 0 Å². The molecule has 1 aromatic carbocycles. The SMILES string of the molecule is O=C(O)C1(c2ccnc3c(F)cccc23)CC1. The van der Waals surface area contributed by atoms with Gasteiger partial charge in [0, 0.05) is 11.6 Å².